The van der Waals surface area contributed by atoms with Crippen molar-refractivity contribution in [3.8, 4) is 0 Å². The molecule has 0 radical (unpaired) electrons. The SMILES string of the molecule is O=C(OCc1cc2ccccc2[nH]c1=O)c1occc1CS(=O)(=O)c1ccccc1. The Bertz CT molecular complexity index is 1370. The van der Waals surface area contributed by atoms with Crippen molar-refractivity contribution < 1.29 is 22.4 Å². The molecule has 1 N–H and O–H groups in total. The summed E-state index contributed by atoms with van der Waals surface area (Å²) in [4.78, 5) is 27.5. The first-order valence-corrected chi connectivity index (χ1v) is 10.7. The molecule has 152 valence electrons. The molecule has 8 heteroatoms. The summed E-state index contributed by atoms with van der Waals surface area (Å²) >= 11 is 0. The smallest absolute Gasteiger partial charge is 0.374 e. The quantitative estimate of drug-likeness (QED) is 0.476. The predicted molar refractivity (Wildman–Crippen MR) is 110 cm³/mol. The van der Waals surface area contributed by atoms with Crippen molar-refractivity contribution in [3.05, 3.63) is 100 Å². The summed E-state index contributed by atoms with van der Waals surface area (Å²) < 4.78 is 35.6. The van der Waals surface area contributed by atoms with Crippen LogP contribution in [0.4, 0.5) is 0 Å². The van der Waals surface area contributed by atoms with Gasteiger partial charge in [0.2, 0.25) is 5.76 Å². The standard InChI is InChI=1S/C22H17NO6S/c24-21-17(12-15-6-4-5-9-19(15)23-21)13-29-22(25)20-16(10-11-28-20)14-30(26,27)18-7-2-1-3-8-18/h1-12H,13-14H2,(H,23,24). The second-order valence-electron chi connectivity index (χ2n) is 6.63. The molecule has 7 nitrogen and oxygen atoms in total. The minimum Gasteiger partial charge on any atom is -0.457 e. The van der Waals surface area contributed by atoms with Crippen molar-refractivity contribution in [2.75, 3.05) is 0 Å². The molecule has 0 unspecified atom stereocenters. The number of hydrogen-bond acceptors (Lipinski definition) is 6. The highest BCUT2D eigenvalue weighted by atomic mass is 32.2. The van der Waals surface area contributed by atoms with E-state index in [-0.39, 0.29) is 33.9 Å². The number of fused-ring (bicyclic) bond motifs is 1. The lowest BCUT2D eigenvalue weighted by Gasteiger charge is -2.07. The fourth-order valence-electron chi connectivity index (χ4n) is 3.05. The molecule has 0 saturated carbocycles. The third-order valence-corrected chi connectivity index (χ3v) is 6.25. The summed E-state index contributed by atoms with van der Waals surface area (Å²) in [6.07, 6.45) is 1.23. The third kappa shape index (κ3) is 4.04. The Balaban J connectivity index is 1.51. The first-order valence-electron chi connectivity index (χ1n) is 9.06. The lowest BCUT2D eigenvalue weighted by Crippen LogP contribution is -2.16. The maximum absolute atomic E-state index is 12.6. The van der Waals surface area contributed by atoms with E-state index in [9.17, 15) is 18.0 Å². The second kappa shape index (κ2) is 8.00. The summed E-state index contributed by atoms with van der Waals surface area (Å²) in [5.74, 6) is -1.45. The minimum absolute atomic E-state index is 0.146. The zero-order valence-corrected chi connectivity index (χ0v) is 16.5. The zero-order valence-electron chi connectivity index (χ0n) is 15.7. The fourth-order valence-corrected chi connectivity index (χ4v) is 4.43. The molecular weight excluding hydrogens is 406 g/mol. The third-order valence-electron chi connectivity index (χ3n) is 4.57. The van der Waals surface area contributed by atoms with Gasteiger partial charge in [0, 0.05) is 11.1 Å². The van der Waals surface area contributed by atoms with Crippen LogP contribution in [0.5, 0.6) is 0 Å². The number of H-pyrrole nitrogens is 1. The average Bonchev–Trinajstić information content (AvgIpc) is 3.20. The van der Waals surface area contributed by atoms with E-state index in [1.54, 1.807) is 36.4 Å². The zero-order chi connectivity index (χ0) is 21.1. The minimum atomic E-state index is -3.66. The lowest BCUT2D eigenvalue weighted by atomic mass is 10.1. The topological polar surface area (TPSA) is 106 Å². The number of furan rings is 1. The van der Waals surface area contributed by atoms with Crippen molar-refractivity contribution >= 4 is 26.7 Å². The van der Waals surface area contributed by atoms with Crippen molar-refractivity contribution in [3.63, 3.8) is 0 Å². The number of ether oxygens (including phenoxy) is 1. The van der Waals surface area contributed by atoms with Crippen LogP contribution in [0.15, 0.2) is 87.1 Å². The van der Waals surface area contributed by atoms with E-state index in [1.165, 1.54) is 24.5 Å². The highest BCUT2D eigenvalue weighted by Crippen LogP contribution is 2.21. The van der Waals surface area contributed by atoms with Gasteiger partial charge in [0.15, 0.2) is 9.84 Å². The molecule has 0 aliphatic carbocycles. The molecule has 0 saturated heterocycles. The van der Waals surface area contributed by atoms with Crippen LogP contribution in [-0.4, -0.2) is 19.4 Å². The maximum Gasteiger partial charge on any atom is 0.374 e. The van der Waals surface area contributed by atoms with Crippen LogP contribution in [0.1, 0.15) is 21.7 Å². The van der Waals surface area contributed by atoms with Gasteiger partial charge in [-0.2, -0.15) is 0 Å². The molecule has 2 heterocycles. The molecule has 0 atom stereocenters. The number of aromatic nitrogens is 1. The van der Waals surface area contributed by atoms with Gasteiger partial charge >= 0.3 is 5.97 Å². The van der Waals surface area contributed by atoms with Gasteiger partial charge in [-0.15, -0.1) is 0 Å². The number of pyridine rings is 1. The number of nitrogens with one attached hydrogen (secondary N) is 1. The number of para-hydroxylation sites is 1. The summed E-state index contributed by atoms with van der Waals surface area (Å²) in [6, 6.07) is 18.2. The number of sulfone groups is 1. The first kappa shape index (κ1) is 19.7. The Morgan fingerprint density at radius 1 is 0.967 bits per heavy atom. The Labute approximate surface area is 171 Å². The summed E-state index contributed by atoms with van der Waals surface area (Å²) in [6.45, 7) is -0.273. The van der Waals surface area contributed by atoms with Crippen molar-refractivity contribution in [1.82, 2.24) is 4.98 Å². The Kier molecular flexibility index (Phi) is 5.24. The van der Waals surface area contributed by atoms with Crippen LogP contribution in [-0.2, 0) is 26.9 Å². The summed E-state index contributed by atoms with van der Waals surface area (Å²) in [7, 11) is -3.66. The van der Waals surface area contributed by atoms with Gasteiger partial charge in [-0.25, -0.2) is 13.2 Å². The van der Waals surface area contributed by atoms with E-state index >= 15 is 0 Å². The molecule has 0 amide bonds. The van der Waals surface area contributed by atoms with Crippen molar-refractivity contribution in [2.45, 2.75) is 17.3 Å². The van der Waals surface area contributed by atoms with Crippen LogP contribution in [0.3, 0.4) is 0 Å². The number of benzene rings is 2. The molecule has 2 aromatic carbocycles. The van der Waals surface area contributed by atoms with Crippen LogP contribution < -0.4 is 5.56 Å². The number of hydrogen-bond donors (Lipinski definition) is 1. The van der Waals surface area contributed by atoms with Crippen LogP contribution in [0.25, 0.3) is 10.9 Å². The maximum atomic E-state index is 12.6. The van der Waals surface area contributed by atoms with Gasteiger partial charge in [0.05, 0.1) is 22.5 Å². The molecule has 0 bridgehead atoms. The number of esters is 1. The van der Waals surface area contributed by atoms with Crippen molar-refractivity contribution in [1.29, 1.82) is 0 Å². The van der Waals surface area contributed by atoms with E-state index < -0.39 is 21.6 Å². The van der Waals surface area contributed by atoms with E-state index in [0.29, 0.717) is 5.52 Å². The van der Waals surface area contributed by atoms with Gasteiger partial charge in [0.25, 0.3) is 5.56 Å². The molecule has 4 aromatic rings. The molecule has 2 aromatic heterocycles. The Morgan fingerprint density at radius 3 is 2.50 bits per heavy atom. The van der Waals surface area contributed by atoms with E-state index in [4.69, 9.17) is 9.15 Å². The van der Waals surface area contributed by atoms with Gasteiger partial charge in [-0.05, 0) is 35.7 Å². The Morgan fingerprint density at radius 2 is 1.70 bits per heavy atom. The van der Waals surface area contributed by atoms with Crippen molar-refractivity contribution in [2.24, 2.45) is 0 Å². The number of rotatable bonds is 6. The van der Waals surface area contributed by atoms with Crippen LogP contribution >= 0.6 is 0 Å². The van der Waals surface area contributed by atoms with Crippen LogP contribution in [0, 0.1) is 0 Å². The predicted octanol–water partition coefficient (Wildman–Crippen LogP) is 3.45. The number of carbonyl (C=O) groups is 1. The van der Waals surface area contributed by atoms with Gasteiger partial charge in [-0.3, -0.25) is 4.79 Å². The molecule has 0 fully saturated rings. The molecule has 0 aliphatic rings. The Hall–Kier alpha value is -3.65. The van der Waals surface area contributed by atoms with Gasteiger partial charge in [0.1, 0.15) is 6.61 Å². The molecular formula is C22H17NO6S. The summed E-state index contributed by atoms with van der Waals surface area (Å²) in [5.41, 5.74) is 0.771. The molecule has 30 heavy (non-hydrogen) atoms. The molecule has 0 aliphatic heterocycles. The summed E-state index contributed by atoms with van der Waals surface area (Å²) in [5, 5.41) is 0.802. The van der Waals surface area contributed by atoms with Gasteiger partial charge in [-0.1, -0.05) is 36.4 Å². The first-order chi connectivity index (χ1) is 14.4. The highest BCUT2D eigenvalue weighted by Gasteiger charge is 2.23. The highest BCUT2D eigenvalue weighted by molar-refractivity contribution is 7.90. The largest absolute Gasteiger partial charge is 0.457 e. The normalized spacial score (nSPS) is 11.5. The van der Waals surface area contributed by atoms with Gasteiger partial charge < -0.3 is 14.1 Å². The van der Waals surface area contributed by atoms with E-state index in [2.05, 4.69) is 4.98 Å². The fraction of sp³-hybridized carbons (Fsp3) is 0.0909. The van der Waals surface area contributed by atoms with Crippen LogP contribution in [0.2, 0.25) is 0 Å². The lowest BCUT2D eigenvalue weighted by molar-refractivity contribution is 0.0433. The van der Waals surface area contributed by atoms with E-state index in [1.807, 2.05) is 12.1 Å². The number of carbonyl (C=O) groups excluding carboxylic acids is 1. The average molecular weight is 423 g/mol. The second-order valence-corrected chi connectivity index (χ2v) is 8.62. The monoisotopic (exact) mass is 423 g/mol. The molecule has 0 spiro atoms. The number of aromatic amines is 1. The molecule has 4 rings (SSSR count). The van der Waals surface area contributed by atoms with E-state index in [0.717, 1.165) is 5.39 Å².